The number of carbonyl (C=O) groups excluding carboxylic acids is 4. The highest BCUT2D eigenvalue weighted by Gasteiger charge is 2.42. The first kappa shape index (κ1) is 37.7. The Hall–Kier alpha value is -5.03. The molecule has 1 saturated carbocycles. The number of likely N-dealkylation sites (tertiary alicyclic amines) is 1. The van der Waals surface area contributed by atoms with Crippen molar-refractivity contribution in [2.45, 2.75) is 89.5 Å². The number of ether oxygens (including phenoxy) is 2. The molecule has 1 heterocycles. The maximum absolute atomic E-state index is 13.8. The van der Waals surface area contributed by atoms with Crippen molar-refractivity contribution in [3.05, 3.63) is 95.6 Å². The Morgan fingerprint density at radius 1 is 0.887 bits per heavy atom. The molecule has 0 bridgehead atoms. The minimum Gasteiger partial charge on any atom is -0.448 e. The number of fused-ring (bicyclic) bond motifs is 3. The molecule has 4 amide bonds. The van der Waals surface area contributed by atoms with Gasteiger partial charge in [0.05, 0.1) is 25.3 Å². The molecule has 280 valence electrons. The third kappa shape index (κ3) is 9.50. The summed E-state index contributed by atoms with van der Waals surface area (Å²) in [5, 5.41) is 9.96. The minimum atomic E-state index is -0.812. The van der Waals surface area contributed by atoms with Crippen LogP contribution < -0.4 is 16.1 Å². The van der Waals surface area contributed by atoms with Gasteiger partial charge in [0.2, 0.25) is 5.91 Å². The second kappa shape index (κ2) is 18.1. The summed E-state index contributed by atoms with van der Waals surface area (Å²) in [6.45, 7) is 5.04. The zero-order valence-corrected chi connectivity index (χ0v) is 30.7. The Bertz CT molecular complexity index is 1710. The summed E-state index contributed by atoms with van der Waals surface area (Å²) in [6.07, 6.45) is 5.54. The molecule has 0 aromatic heterocycles. The number of urea groups is 1. The molecule has 3 N–H and O–H groups in total. The molecule has 0 radical (unpaired) electrons. The lowest BCUT2D eigenvalue weighted by Crippen LogP contribution is -2.49. The SMILES string of the molecule is CCC(=O)C1CCC(CNC(=O)N/N=C/[C@H](CC)NC(=O)[C@@H]2C[C@@H](OCc3ccccc3)CN2C(=O)OCC2c3ccccc3-c3ccccc32)CC1. The van der Waals surface area contributed by atoms with E-state index in [-0.39, 0.29) is 37.0 Å². The average molecular weight is 722 g/mol. The molecule has 0 unspecified atom stereocenters. The largest absolute Gasteiger partial charge is 0.448 e. The summed E-state index contributed by atoms with van der Waals surface area (Å²) >= 11 is 0. The molecule has 3 aromatic rings. The van der Waals surface area contributed by atoms with Gasteiger partial charge in [-0.2, -0.15) is 5.10 Å². The first-order valence-corrected chi connectivity index (χ1v) is 19.0. The van der Waals surface area contributed by atoms with Crippen molar-refractivity contribution in [2.75, 3.05) is 19.7 Å². The number of Topliss-reactive ketones (excluding diaryl/α,β-unsaturated/α-hetero) is 1. The van der Waals surface area contributed by atoms with Crippen LogP contribution in [0.5, 0.6) is 0 Å². The second-order valence-electron chi connectivity index (χ2n) is 14.3. The molecule has 3 atom stereocenters. The molecular formula is C42H51N5O6. The van der Waals surface area contributed by atoms with Gasteiger partial charge in [-0.3, -0.25) is 14.5 Å². The fraction of sp³-hybridized carbons (Fsp3) is 0.452. The van der Waals surface area contributed by atoms with E-state index in [0.29, 0.717) is 44.1 Å². The van der Waals surface area contributed by atoms with Gasteiger partial charge in [0, 0.05) is 37.4 Å². The summed E-state index contributed by atoms with van der Waals surface area (Å²) in [6, 6.07) is 24.4. The van der Waals surface area contributed by atoms with Crippen molar-refractivity contribution in [1.29, 1.82) is 0 Å². The Balaban J connectivity index is 1.04. The van der Waals surface area contributed by atoms with Gasteiger partial charge in [0.25, 0.3) is 0 Å². The van der Waals surface area contributed by atoms with Crippen molar-refractivity contribution in [2.24, 2.45) is 16.9 Å². The van der Waals surface area contributed by atoms with Crippen LogP contribution in [0.1, 0.15) is 81.4 Å². The maximum Gasteiger partial charge on any atom is 0.410 e. The highest BCUT2D eigenvalue weighted by atomic mass is 16.6. The number of amides is 4. The van der Waals surface area contributed by atoms with Crippen LogP contribution in [-0.4, -0.2) is 72.8 Å². The van der Waals surface area contributed by atoms with Crippen LogP contribution in [-0.2, 0) is 25.7 Å². The fourth-order valence-corrected chi connectivity index (χ4v) is 7.80. The quantitative estimate of drug-likeness (QED) is 0.127. The minimum absolute atomic E-state index is 0.108. The zero-order chi connectivity index (χ0) is 37.2. The number of benzene rings is 3. The van der Waals surface area contributed by atoms with E-state index in [1.807, 2.05) is 68.4 Å². The topological polar surface area (TPSA) is 138 Å². The number of nitrogens with one attached hydrogen (secondary N) is 3. The van der Waals surface area contributed by atoms with E-state index < -0.39 is 24.2 Å². The first-order valence-electron chi connectivity index (χ1n) is 19.0. The lowest BCUT2D eigenvalue weighted by atomic mass is 9.79. The molecule has 11 nitrogen and oxygen atoms in total. The van der Waals surface area contributed by atoms with E-state index in [1.54, 1.807) is 0 Å². The fourth-order valence-electron chi connectivity index (χ4n) is 7.80. The molecule has 3 aliphatic rings. The van der Waals surface area contributed by atoms with E-state index >= 15 is 0 Å². The molecule has 0 spiro atoms. The van der Waals surface area contributed by atoms with Crippen LogP contribution in [0.15, 0.2) is 84.0 Å². The number of hydrogen-bond donors (Lipinski definition) is 3. The van der Waals surface area contributed by atoms with Gasteiger partial charge in [0.1, 0.15) is 18.4 Å². The zero-order valence-electron chi connectivity index (χ0n) is 30.7. The maximum atomic E-state index is 13.8. The summed E-state index contributed by atoms with van der Waals surface area (Å²) in [5.74, 6) is 0.362. The summed E-state index contributed by atoms with van der Waals surface area (Å²) in [4.78, 5) is 53.5. The van der Waals surface area contributed by atoms with Gasteiger partial charge in [-0.15, -0.1) is 0 Å². The van der Waals surface area contributed by atoms with Gasteiger partial charge >= 0.3 is 12.1 Å². The number of nitrogens with zero attached hydrogens (tertiary/aromatic N) is 2. The Morgan fingerprint density at radius 3 is 2.21 bits per heavy atom. The Morgan fingerprint density at radius 2 is 1.55 bits per heavy atom. The van der Waals surface area contributed by atoms with Crippen LogP contribution in [0.3, 0.4) is 0 Å². The van der Waals surface area contributed by atoms with E-state index in [4.69, 9.17) is 9.47 Å². The third-order valence-electron chi connectivity index (χ3n) is 10.9. The lowest BCUT2D eigenvalue weighted by Gasteiger charge is -2.27. The highest BCUT2D eigenvalue weighted by Crippen LogP contribution is 2.44. The molecule has 3 aromatic carbocycles. The standard InChI is InChI=1S/C42H51N5O6/c1-3-31(24-44-46-41(50)43-23-28-18-20-30(21-19-28)39(48)4-2)45-40(49)38-22-32(52-26-29-12-6-5-7-13-29)25-47(38)42(51)53-27-37-35-16-10-8-14-33(35)34-15-9-11-17-36(34)37/h5-17,24,28,30-32,37-38H,3-4,18-23,25-27H2,1-2H3,(H,45,49)(H2,43,46,50)/b44-24+/t28?,30?,31-,32+,38-/m0/s1. The number of ketones is 1. The van der Waals surface area contributed by atoms with Gasteiger partial charge < -0.3 is 20.1 Å². The van der Waals surface area contributed by atoms with Crippen LogP contribution in [0.2, 0.25) is 0 Å². The molecule has 2 aliphatic carbocycles. The van der Waals surface area contributed by atoms with Crippen LogP contribution in [0.4, 0.5) is 9.59 Å². The number of hydrogen-bond acceptors (Lipinski definition) is 7. The lowest BCUT2D eigenvalue weighted by molar-refractivity contribution is -0.125. The smallest absolute Gasteiger partial charge is 0.410 e. The summed E-state index contributed by atoms with van der Waals surface area (Å²) in [5.41, 5.74) is 8.00. The molecule has 53 heavy (non-hydrogen) atoms. The van der Waals surface area contributed by atoms with Crippen molar-refractivity contribution in [3.8, 4) is 11.1 Å². The van der Waals surface area contributed by atoms with Crippen molar-refractivity contribution in [3.63, 3.8) is 0 Å². The predicted molar refractivity (Wildman–Crippen MR) is 203 cm³/mol. The molecular weight excluding hydrogens is 670 g/mol. The van der Waals surface area contributed by atoms with Gasteiger partial charge in [0.15, 0.2) is 0 Å². The summed E-state index contributed by atoms with van der Waals surface area (Å²) < 4.78 is 12.2. The summed E-state index contributed by atoms with van der Waals surface area (Å²) in [7, 11) is 0. The number of rotatable bonds is 14. The average Bonchev–Trinajstić information content (AvgIpc) is 3.78. The monoisotopic (exact) mass is 721 g/mol. The van der Waals surface area contributed by atoms with E-state index in [0.717, 1.165) is 53.5 Å². The first-order chi connectivity index (χ1) is 25.8. The normalized spacial score (nSPS) is 21.4. The van der Waals surface area contributed by atoms with Crippen LogP contribution in [0, 0.1) is 11.8 Å². The Labute approximate surface area is 311 Å². The molecule has 1 aliphatic heterocycles. The predicted octanol–water partition coefficient (Wildman–Crippen LogP) is 6.56. The van der Waals surface area contributed by atoms with Gasteiger partial charge in [-0.05, 0) is 65.8 Å². The molecule has 11 heteroatoms. The van der Waals surface area contributed by atoms with E-state index in [2.05, 4.69) is 45.4 Å². The number of hydrazone groups is 1. The van der Waals surface area contributed by atoms with E-state index in [1.165, 1.54) is 11.1 Å². The van der Waals surface area contributed by atoms with E-state index in [9.17, 15) is 19.2 Å². The molecule has 6 rings (SSSR count). The van der Waals surface area contributed by atoms with Gasteiger partial charge in [-0.25, -0.2) is 15.0 Å². The van der Waals surface area contributed by atoms with Gasteiger partial charge in [-0.1, -0.05) is 92.7 Å². The van der Waals surface area contributed by atoms with Crippen molar-refractivity contribution < 1.29 is 28.7 Å². The van der Waals surface area contributed by atoms with Crippen molar-refractivity contribution in [1.82, 2.24) is 21.0 Å². The Kier molecular flexibility index (Phi) is 12.9. The van der Waals surface area contributed by atoms with Crippen LogP contribution >= 0.6 is 0 Å². The second-order valence-corrected chi connectivity index (χ2v) is 14.3. The molecule has 1 saturated heterocycles. The van der Waals surface area contributed by atoms with Crippen LogP contribution in [0.25, 0.3) is 11.1 Å². The third-order valence-corrected chi connectivity index (χ3v) is 10.9. The molecule has 2 fully saturated rings. The number of carbonyl (C=O) groups is 4. The highest BCUT2D eigenvalue weighted by molar-refractivity contribution is 5.89. The van der Waals surface area contributed by atoms with Crippen molar-refractivity contribution >= 4 is 30.0 Å².